The van der Waals surface area contributed by atoms with E-state index in [1.807, 2.05) is 30.3 Å². The van der Waals surface area contributed by atoms with Gasteiger partial charge in [-0.2, -0.15) is 0 Å². The molecule has 1 fully saturated rings. The van der Waals surface area contributed by atoms with E-state index in [2.05, 4.69) is 10.2 Å². The molecule has 0 atom stereocenters. The molecular weight excluding hydrogens is 384 g/mol. The first-order valence-electron chi connectivity index (χ1n) is 10.1. The third-order valence-electron chi connectivity index (χ3n) is 5.18. The second-order valence-electron chi connectivity index (χ2n) is 7.27. The highest BCUT2D eigenvalue weighted by atomic mass is 16.5. The van der Waals surface area contributed by atoms with Gasteiger partial charge >= 0.3 is 5.69 Å². The number of ether oxygens (including phenoxy) is 1. The van der Waals surface area contributed by atoms with Crippen LogP contribution in [0.2, 0.25) is 0 Å². The van der Waals surface area contributed by atoms with Crippen molar-refractivity contribution in [3.05, 3.63) is 68.4 Å². The van der Waals surface area contributed by atoms with Crippen LogP contribution in [0.1, 0.15) is 22.3 Å². The third kappa shape index (κ3) is 5.14. The Hall–Kier alpha value is -2.97. The Labute approximate surface area is 175 Å². The summed E-state index contributed by atoms with van der Waals surface area (Å²) in [6, 6.07) is 9.37. The monoisotopic (exact) mass is 412 g/mol. The molecule has 30 heavy (non-hydrogen) atoms. The van der Waals surface area contributed by atoms with E-state index in [0.717, 1.165) is 49.4 Å². The van der Waals surface area contributed by atoms with Crippen LogP contribution in [0.15, 0.2) is 46.0 Å². The first-order chi connectivity index (χ1) is 14.5. The van der Waals surface area contributed by atoms with Gasteiger partial charge in [0.15, 0.2) is 5.78 Å². The molecule has 2 aromatic rings. The molecule has 1 aromatic carbocycles. The molecule has 1 aliphatic rings. The largest absolute Gasteiger partial charge is 0.379 e. The van der Waals surface area contributed by atoms with Crippen molar-refractivity contribution in [3.8, 4) is 0 Å². The molecule has 8 heteroatoms. The SMILES string of the molecule is Cn1c(NCCCN2CCOCC2)c(C(=O)/C=C/c2ccccc2)c(=O)n(C)c1=O. The topological polar surface area (TPSA) is 85.6 Å². The van der Waals surface area contributed by atoms with Gasteiger partial charge in [0, 0.05) is 33.7 Å². The number of carbonyl (C=O) groups excluding carboxylic acids is 1. The number of rotatable bonds is 8. The Balaban J connectivity index is 1.79. The summed E-state index contributed by atoms with van der Waals surface area (Å²) < 4.78 is 7.63. The zero-order valence-corrected chi connectivity index (χ0v) is 17.5. The van der Waals surface area contributed by atoms with E-state index in [1.165, 1.54) is 17.7 Å². The second kappa shape index (κ2) is 10.2. The maximum Gasteiger partial charge on any atom is 0.332 e. The molecule has 0 amide bonds. The molecule has 0 spiro atoms. The fraction of sp³-hybridized carbons (Fsp3) is 0.409. The van der Waals surface area contributed by atoms with Crippen LogP contribution in [0.3, 0.4) is 0 Å². The first kappa shape index (κ1) is 21.7. The van der Waals surface area contributed by atoms with Gasteiger partial charge in [0.05, 0.1) is 13.2 Å². The fourth-order valence-electron chi connectivity index (χ4n) is 3.43. The van der Waals surface area contributed by atoms with Gasteiger partial charge in [0.1, 0.15) is 11.4 Å². The van der Waals surface area contributed by atoms with Crippen LogP contribution in [-0.4, -0.2) is 59.2 Å². The lowest BCUT2D eigenvalue weighted by Gasteiger charge is -2.26. The molecule has 0 bridgehead atoms. The Kier molecular flexibility index (Phi) is 7.37. The smallest absolute Gasteiger partial charge is 0.332 e. The van der Waals surface area contributed by atoms with Gasteiger partial charge in [-0.25, -0.2) is 4.79 Å². The minimum absolute atomic E-state index is 0.0295. The van der Waals surface area contributed by atoms with E-state index in [0.29, 0.717) is 6.54 Å². The number of allylic oxidation sites excluding steroid dienone is 1. The molecule has 8 nitrogen and oxygen atoms in total. The van der Waals surface area contributed by atoms with Crippen LogP contribution in [0.25, 0.3) is 6.08 Å². The van der Waals surface area contributed by atoms with Crippen LogP contribution in [0, 0.1) is 0 Å². The van der Waals surface area contributed by atoms with Crippen molar-refractivity contribution in [3.63, 3.8) is 0 Å². The Morgan fingerprint density at radius 3 is 2.50 bits per heavy atom. The number of carbonyl (C=O) groups is 1. The van der Waals surface area contributed by atoms with Crippen LogP contribution in [0.5, 0.6) is 0 Å². The maximum absolute atomic E-state index is 12.9. The van der Waals surface area contributed by atoms with Crippen LogP contribution >= 0.6 is 0 Å². The van der Waals surface area contributed by atoms with Crippen molar-refractivity contribution in [1.29, 1.82) is 0 Å². The molecule has 0 radical (unpaired) electrons. The first-order valence-corrected chi connectivity index (χ1v) is 10.1. The molecule has 1 N–H and O–H groups in total. The quantitative estimate of drug-likeness (QED) is 0.397. The lowest BCUT2D eigenvalue weighted by Crippen LogP contribution is -2.41. The van der Waals surface area contributed by atoms with Gasteiger partial charge in [-0.15, -0.1) is 0 Å². The Morgan fingerprint density at radius 1 is 1.10 bits per heavy atom. The Bertz CT molecular complexity index is 1020. The average molecular weight is 412 g/mol. The van der Waals surface area contributed by atoms with Crippen molar-refractivity contribution >= 4 is 17.7 Å². The van der Waals surface area contributed by atoms with E-state index in [4.69, 9.17) is 4.74 Å². The van der Waals surface area contributed by atoms with Crippen molar-refractivity contribution in [2.75, 3.05) is 44.7 Å². The lowest BCUT2D eigenvalue weighted by molar-refractivity contribution is 0.0378. The number of hydrogen-bond donors (Lipinski definition) is 1. The zero-order chi connectivity index (χ0) is 21.5. The second-order valence-corrected chi connectivity index (χ2v) is 7.27. The van der Waals surface area contributed by atoms with Crippen LogP contribution < -0.4 is 16.6 Å². The van der Waals surface area contributed by atoms with Crippen LogP contribution in [-0.2, 0) is 18.8 Å². The minimum atomic E-state index is -0.600. The molecule has 0 unspecified atom stereocenters. The van der Waals surface area contributed by atoms with E-state index in [-0.39, 0.29) is 11.4 Å². The molecule has 1 saturated heterocycles. The van der Waals surface area contributed by atoms with E-state index in [9.17, 15) is 14.4 Å². The summed E-state index contributed by atoms with van der Waals surface area (Å²) in [7, 11) is 2.94. The van der Waals surface area contributed by atoms with Gasteiger partial charge in [-0.3, -0.25) is 23.6 Å². The highest BCUT2D eigenvalue weighted by Crippen LogP contribution is 2.12. The molecule has 1 aromatic heterocycles. The number of nitrogens with zero attached hydrogens (tertiary/aromatic N) is 3. The molecule has 160 valence electrons. The summed E-state index contributed by atoms with van der Waals surface area (Å²) in [4.78, 5) is 40.3. The predicted octanol–water partition coefficient (Wildman–Crippen LogP) is 1.11. The minimum Gasteiger partial charge on any atom is -0.379 e. The summed E-state index contributed by atoms with van der Waals surface area (Å²) >= 11 is 0. The van der Waals surface area contributed by atoms with Crippen molar-refractivity contribution < 1.29 is 9.53 Å². The number of ketones is 1. The van der Waals surface area contributed by atoms with Gasteiger partial charge in [0.25, 0.3) is 5.56 Å². The number of benzene rings is 1. The summed E-state index contributed by atoms with van der Waals surface area (Å²) in [6.07, 6.45) is 3.85. The molecule has 3 rings (SSSR count). The highest BCUT2D eigenvalue weighted by molar-refractivity contribution is 6.09. The number of nitrogens with one attached hydrogen (secondary N) is 1. The molecule has 0 aliphatic carbocycles. The van der Waals surface area contributed by atoms with Crippen molar-refractivity contribution in [2.45, 2.75) is 6.42 Å². The molecule has 0 saturated carbocycles. The normalized spacial score (nSPS) is 14.9. The fourth-order valence-corrected chi connectivity index (χ4v) is 3.43. The molecular formula is C22H28N4O4. The zero-order valence-electron chi connectivity index (χ0n) is 17.5. The summed E-state index contributed by atoms with van der Waals surface area (Å²) in [6.45, 7) is 4.70. The standard InChI is InChI=1S/C22H28N4O4/c1-24-20(23-11-6-12-26-13-15-30-16-14-26)19(21(28)25(2)22(24)29)18(27)10-9-17-7-4-3-5-8-17/h3-5,7-10,23H,6,11-16H2,1-2H3/b10-9+. The van der Waals surface area contributed by atoms with Crippen LogP contribution in [0.4, 0.5) is 5.82 Å². The number of morpholine rings is 1. The van der Waals surface area contributed by atoms with E-state index in [1.54, 1.807) is 13.1 Å². The van der Waals surface area contributed by atoms with Gasteiger partial charge in [0.2, 0.25) is 0 Å². The van der Waals surface area contributed by atoms with Crippen molar-refractivity contribution in [2.24, 2.45) is 14.1 Å². The average Bonchev–Trinajstić information content (AvgIpc) is 2.78. The highest BCUT2D eigenvalue weighted by Gasteiger charge is 2.20. The number of aromatic nitrogens is 2. The van der Waals surface area contributed by atoms with Crippen molar-refractivity contribution in [1.82, 2.24) is 14.0 Å². The maximum atomic E-state index is 12.9. The van der Waals surface area contributed by atoms with Gasteiger partial charge < -0.3 is 10.1 Å². The predicted molar refractivity (Wildman–Crippen MR) is 117 cm³/mol. The molecule has 2 heterocycles. The third-order valence-corrected chi connectivity index (χ3v) is 5.18. The summed E-state index contributed by atoms with van der Waals surface area (Å²) in [5.41, 5.74) is -0.249. The summed E-state index contributed by atoms with van der Waals surface area (Å²) in [5.74, 6) is -0.182. The van der Waals surface area contributed by atoms with E-state index < -0.39 is 17.0 Å². The van der Waals surface area contributed by atoms with E-state index >= 15 is 0 Å². The summed E-state index contributed by atoms with van der Waals surface area (Å²) in [5, 5.41) is 3.15. The number of hydrogen-bond acceptors (Lipinski definition) is 6. The van der Waals surface area contributed by atoms with Gasteiger partial charge in [-0.05, 0) is 24.6 Å². The number of anilines is 1. The Morgan fingerprint density at radius 2 is 1.80 bits per heavy atom. The van der Waals surface area contributed by atoms with Gasteiger partial charge in [-0.1, -0.05) is 36.4 Å². The molecule has 1 aliphatic heterocycles. The lowest BCUT2D eigenvalue weighted by atomic mass is 10.1.